The number of benzene rings is 1. The molecule has 92 valence electrons. The molecule has 0 aromatic heterocycles. The van der Waals surface area contributed by atoms with Crippen molar-refractivity contribution in [2.75, 3.05) is 13.2 Å². The lowest BCUT2D eigenvalue weighted by molar-refractivity contribution is -0.384. The highest BCUT2D eigenvalue weighted by Crippen LogP contribution is 2.28. The molecule has 1 saturated carbocycles. The van der Waals surface area contributed by atoms with Crippen LogP contribution in [0.3, 0.4) is 0 Å². The highest BCUT2D eigenvalue weighted by molar-refractivity contribution is 5.34. The van der Waals surface area contributed by atoms with Crippen LogP contribution in [-0.2, 0) is 6.54 Å². The monoisotopic (exact) mass is 236 g/mol. The first-order valence-electron chi connectivity index (χ1n) is 5.79. The molecule has 5 nitrogen and oxygen atoms in total. The smallest absolute Gasteiger partial charge is 0.269 e. The van der Waals surface area contributed by atoms with Crippen LogP contribution in [0.1, 0.15) is 18.4 Å². The number of hydrogen-bond acceptors (Lipinski definition) is 4. The van der Waals surface area contributed by atoms with Crippen LogP contribution in [0, 0.1) is 10.1 Å². The van der Waals surface area contributed by atoms with Crippen LogP contribution in [0.4, 0.5) is 5.69 Å². The van der Waals surface area contributed by atoms with Crippen molar-refractivity contribution >= 4 is 5.69 Å². The van der Waals surface area contributed by atoms with Gasteiger partial charge in [-0.1, -0.05) is 12.1 Å². The number of nitro benzene ring substituents is 1. The molecule has 1 aromatic carbocycles. The Kier molecular flexibility index (Phi) is 3.71. The maximum absolute atomic E-state index is 10.7. The molecule has 5 heteroatoms. The van der Waals surface area contributed by atoms with Gasteiger partial charge in [0.1, 0.15) is 0 Å². The molecule has 0 unspecified atom stereocenters. The third kappa shape index (κ3) is 3.25. The zero-order valence-electron chi connectivity index (χ0n) is 9.58. The zero-order valence-corrected chi connectivity index (χ0v) is 9.58. The van der Waals surface area contributed by atoms with Crippen molar-refractivity contribution in [1.29, 1.82) is 0 Å². The van der Waals surface area contributed by atoms with E-state index < -0.39 is 0 Å². The minimum absolute atomic E-state index is 0.127. The van der Waals surface area contributed by atoms with Crippen LogP contribution in [-0.4, -0.2) is 34.1 Å². The van der Waals surface area contributed by atoms with E-state index in [0.717, 1.165) is 18.4 Å². The molecule has 2 rings (SSSR count). The highest BCUT2D eigenvalue weighted by Gasteiger charge is 2.28. The number of nitrogens with zero attached hydrogens (tertiary/aromatic N) is 2. The van der Waals surface area contributed by atoms with Crippen molar-refractivity contribution in [2.45, 2.75) is 25.4 Å². The maximum atomic E-state index is 10.7. The summed E-state index contributed by atoms with van der Waals surface area (Å²) in [6.07, 6.45) is 2.32. The van der Waals surface area contributed by atoms with Crippen molar-refractivity contribution < 1.29 is 10.0 Å². The second kappa shape index (κ2) is 5.25. The Balaban J connectivity index is 2.05. The quantitative estimate of drug-likeness (QED) is 0.601. The SMILES string of the molecule is O=[N+]([O-])c1cccc(CN(CCO)C2CC2)c1. The third-order valence-corrected chi connectivity index (χ3v) is 2.96. The molecule has 0 radical (unpaired) electrons. The van der Waals surface area contributed by atoms with E-state index in [1.807, 2.05) is 6.07 Å². The Hall–Kier alpha value is -1.46. The number of aliphatic hydroxyl groups excluding tert-OH is 1. The molecular formula is C12H16N2O3. The molecule has 0 atom stereocenters. The van der Waals surface area contributed by atoms with Crippen molar-refractivity contribution in [1.82, 2.24) is 4.90 Å². The summed E-state index contributed by atoms with van der Waals surface area (Å²) >= 11 is 0. The first-order chi connectivity index (χ1) is 8.20. The summed E-state index contributed by atoms with van der Waals surface area (Å²) in [5.74, 6) is 0. The van der Waals surface area contributed by atoms with Crippen LogP contribution >= 0.6 is 0 Å². The van der Waals surface area contributed by atoms with Crippen molar-refractivity contribution in [2.24, 2.45) is 0 Å². The molecule has 0 spiro atoms. The molecule has 0 amide bonds. The van der Waals surface area contributed by atoms with Gasteiger partial charge in [0.05, 0.1) is 11.5 Å². The molecule has 0 aliphatic heterocycles. The fraction of sp³-hybridized carbons (Fsp3) is 0.500. The third-order valence-electron chi connectivity index (χ3n) is 2.96. The summed E-state index contributed by atoms with van der Waals surface area (Å²) in [7, 11) is 0. The second-order valence-corrected chi connectivity index (χ2v) is 4.35. The maximum Gasteiger partial charge on any atom is 0.269 e. The molecule has 0 saturated heterocycles. The Morgan fingerprint density at radius 3 is 2.82 bits per heavy atom. The highest BCUT2D eigenvalue weighted by atomic mass is 16.6. The normalized spacial score (nSPS) is 15.2. The van der Waals surface area contributed by atoms with Crippen LogP contribution in [0.25, 0.3) is 0 Å². The average Bonchev–Trinajstić information content (AvgIpc) is 3.13. The van der Waals surface area contributed by atoms with Crippen molar-refractivity contribution in [3.63, 3.8) is 0 Å². The van der Waals surface area contributed by atoms with Crippen LogP contribution in [0.15, 0.2) is 24.3 Å². The Morgan fingerprint density at radius 2 is 2.24 bits per heavy atom. The number of rotatable bonds is 6. The predicted octanol–water partition coefficient (Wildman–Crippen LogP) is 1.55. The summed E-state index contributed by atoms with van der Waals surface area (Å²) in [5, 5.41) is 19.6. The summed E-state index contributed by atoms with van der Waals surface area (Å²) in [4.78, 5) is 12.5. The summed E-state index contributed by atoms with van der Waals surface area (Å²) in [6.45, 7) is 1.44. The largest absolute Gasteiger partial charge is 0.395 e. The molecule has 0 heterocycles. The zero-order chi connectivity index (χ0) is 12.3. The van der Waals surface area contributed by atoms with E-state index in [4.69, 9.17) is 5.11 Å². The van der Waals surface area contributed by atoms with E-state index in [0.29, 0.717) is 19.1 Å². The molecule has 1 fully saturated rings. The molecular weight excluding hydrogens is 220 g/mol. The first-order valence-corrected chi connectivity index (χ1v) is 5.79. The van der Waals surface area contributed by atoms with Crippen molar-refractivity contribution in [3.8, 4) is 0 Å². The number of aliphatic hydroxyl groups is 1. The first kappa shape index (κ1) is 12.0. The van der Waals surface area contributed by atoms with E-state index in [-0.39, 0.29) is 17.2 Å². The summed E-state index contributed by atoms with van der Waals surface area (Å²) < 4.78 is 0. The molecule has 1 aromatic rings. The molecule has 0 bridgehead atoms. The van der Waals surface area contributed by atoms with Gasteiger partial charge in [-0.05, 0) is 18.4 Å². The van der Waals surface area contributed by atoms with E-state index in [1.54, 1.807) is 12.1 Å². The van der Waals surface area contributed by atoms with Gasteiger partial charge < -0.3 is 5.11 Å². The topological polar surface area (TPSA) is 66.6 Å². The van der Waals surface area contributed by atoms with Gasteiger partial charge in [0.2, 0.25) is 0 Å². The van der Waals surface area contributed by atoms with Crippen LogP contribution in [0.2, 0.25) is 0 Å². The average molecular weight is 236 g/mol. The predicted molar refractivity (Wildman–Crippen MR) is 63.6 cm³/mol. The lowest BCUT2D eigenvalue weighted by atomic mass is 10.2. The Morgan fingerprint density at radius 1 is 1.47 bits per heavy atom. The van der Waals surface area contributed by atoms with E-state index in [1.165, 1.54) is 6.07 Å². The summed E-state index contributed by atoms with van der Waals surface area (Å²) in [5.41, 5.74) is 1.06. The fourth-order valence-corrected chi connectivity index (χ4v) is 1.96. The second-order valence-electron chi connectivity index (χ2n) is 4.35. The van der Waals surface area contributed by atoms with Crippen molar-refractivity contribution in [3.05, 3.63) is 39.9 Å². The van der Waals surface area contributed by atoms with Gasteiger partial charge in [-0.3, -0.25) is 15.0 Å². The Labute approximate surface area is 99.8 Å². The van der Waals surface area contributed by atoms with Crippen LogP contribution in [0.5, 0.6) is 0 Å². The van der Waals surface area contributed by atoms with Gasteiger partial charge in [0.15, 0.2) is 0 Å². The lowest BCUT2D eigenvalue weighted by Gasteiger charge is -2.20. The molecule has 17 heavy (non-hydrogen) atoms. The van der Waals surface area contributed by atoms with E-state index in [2.05, 4.69) is 4.90 Å². The van der Waals surface area contributed by atoms with Crippen LogP contribution < -0.4 is 0 Å². The Bertz CT molecular complexity index is 404. The van der Waals surface area contributed by atoms with E-state index in [9.17, 15) is 10.1 Å². The lowest BCUT2D eigenvalue weighted by Crippen LogP contribution is -2.28. The van der Waals surface area contributed by atoms with Gasteiger partial charge in [-0.15, -0.1) is 0 Å². The number of non-ortho nitro benzene ring substituents is 1. The minimum Gasteiger partial charge on any atom is -0.395 e. The number of hydrogen-bond donors (Lipinski definition) is 1. The summed E-state index contributed by atoms with van der Waals surface area (Å²) in [6, 6.07) is 7.24. The van der Waals surface area contributed by atoms with Gasteiger partial charge >= 0.3 is 0 Å². The standard InChI is InChI=1S/C12H16N2O3/c15-7-6-13(11-4-5-11)9-10-2-1-3-12(8-10)14(16)17/h1-3,8,11,15H,4-7,9H2. The molecule has 1 aliphatic carbocycles. The fourth-order valence-electron chi connectivity index (χ4n) is 1.96. The van der Waals surface area contributed by atoms with Gasteiger partial charge in [0.25, 0.3) is 5.69 Å². The molecule has 1 N–H and O–H groups in total. The van der Waals surface area contributed by atoms with E-state index >= 15 is 0 Å². The van der Waals surface area contributed by atoms with Gasteiger partial charge in [-0.25, -0.2) is 0 Å². The van der Waals surface area contributed by atoms with Gasteiger partial charge in [-0.2, -0.15) is 0 Å². The minimum atomic E-state index is -0.378. The number of nitro groups is 1. The van der Waals surface area contributed by atoms with Gasteiger partial charge in [0, 0.05) is 31.3 Å². The molecule has 1 aliphatic rings.